The van der Waals surface area contributed by atoms with Crippen LogP contribution in [0, 0.1) is 0 Å². The quantitative estimate of drug-likeness (QED) is 0.171. The van der Waals surface area contributed by atoms with Crippen LogP contribution in [-0.4, -0.2) is 18.9 Å². The van der Waals surface area contributed by atoms with Gasteiger partial charge in [0.1, 0.15) is 0 Å². The van der Waals surface area contributed by atoms with Gasteiger partial charge in [-0.05, 0) is 63.0 Å². The summed E-state index contributed by atoms with van der Waals surface area (Å²) in [5.74, 6) is 0.659. The monoisotopic (exact) mass is 710 g/mol. The van der Waals surface area contributed by atoms with Gasteiger partial charge in [0, 0.05) is 43.3 Å². The maximum Gasteiger partial charge on any atom is 0.235 e. The Hall–Kier alpha value is -7.56. The molecule has 4 nitrogen and oxygen atoms in total. The molecule has 0 unspecified atom stereocenters. The van der Waals surface area contributed by atoms with Gasteiger partial charge in [-0.3, -0.25) is 4.57 Å². The molecule has 0 spiro atoms. The van der Waals surface area contributed by atoms with E-state index in [9.17, 15) is 0 Å². The average molecular weight is 711 g/mol. The highest BCUT2D eigenvalue weighted by atomic mass is 15.2. The van der Waals surface area contributed by atoms with Crippen molar-refractivity contribution >= 4 is 92.3 Å². The van der Waals surface area contributed by atoms with E-state index in [1.54, 1.807) is 0 Å². The van der Waals surface area contributed by atoms with E-state index >= 15 is 0 Å². The maximum absolute atomic E-state index is 5.64. The second kappa shape index (κ2) is 11.0. The summed E-state index contributed by atoms with van der Waals surface area (Å²) in [4.78, 5) is 11.1. The van der Waals surface area contributed by atoms with Crippen LogP contribution in [0.15, 0.2) is 182 Å². The summed E-state index contributed by atoms with van der Waals surface area (Å²) < 4.78 is 4.80. The molecule has 56 heavy (non-hydrogen) atoms. The van der Waals surface area contributed by atoms with Gasteiger partial charge in [-0.2, -0.15) is 0 Å². The summed E-state index contributed by atoms with van der Waals surface area (Å²) in [6, 6.07) is 65.7. The predicted molar refractivity (Wildman–Crippen MR) is 234 cm³/mol. The first-order chi connectivity index (χ1) is 27.8. The Morgan fingerprint density at radius 2 is 0.929 bits per heavy atom. The van der Waals surface area contributed by atoms with Crippen LogP contribution in [0.3, 0.4) is 0 Å². The second-order valence-corrected chi connectivity index (χ2v) is 14.9. The normalized spacial score (nSPS) is 12.3. The van der Waals surface area contributed by atoms with E-state index in [0.29, 0.717) is 5.95 Å². The molecular formula is C52H30N4. The largest absolute Gasteiger partial charge is 0.308 e. The molecule has 0 amide bonds. The lowest BCUT2D eigenvalue weighted by Gasteiger charge is -2.14. The number of aromatic nitrogens is 4. The molecule has 0 atom stereocenters. The third-order valence-electron chi connectivity index (χ3n) is 12.0. The number of fused-ring (bicyclic) bond motifs is 15. The number of para-hydroxylation sites is 2. The molecule has 0 radical (unpaired) electrons. The number of nitrogens with zero attached hydrogens (tertiary/aromatic N) is 4. The van der Waals surface area contributed by atoms with Crippen LogP contribution in [0.4, 0.5) is 0 Å². The van der Waals surface area contributed by atoms with Crippen molar-refractivity contribution in [1.82, 2.24) is 18.9 Å². The summed E-state index contributed by atoms with van der Waals surface area (Å²) in [7, 11) is 0. The molecule has 258 valence electrons. The minimum absolute atomic E-state index is 0.659. The van der Waals surface area contributed by atoms with Gasteiger partial charge < -0.3 is 4.40 Å². The second-order valence-electron chi connectivity index (χ2n) is 14.9. The van der Waals surface area contributed by atoms with Crippen LogP contribution in [-0.2, 0) is 0 Å². The fourth-order valence-electron chi connectivity index (χ4n) is 9.64. The first-order valence-corrected chi connectivity index (χ1v) is 19.2. The fourth-order valence-corrected chi connectivity index (χ4v) is 9.64. The molecule has 0 bridgehead atoms. The predicted octanol–water partition coefficient (Wildman–Crippen LogP) is 13.5. The van der Waals surface area contributed by atoms with Crippen LogP contribution in [0.1, 0.15) is 0 Å². The topological polar surface area (TPSA) is 35.1 Å². The van der Waals surface area contributed by atoms with Gasteiger partial charge >= 0.3 is 0 Å². The lowest BCUT2D eigenvalue weighted by atomic mass is 9.98. The molecule has 0 saturated carbocycles. The van der Waals surface area contributed by atoms with Crippen LogP contribution >= 0.6 is 0 Å². The molecule has 13 aromatic rings. The highest BCUT2D eigenvalue weighted by molar-refractivity contribution is 6.38. The average Bonchev–Trinajstić information content (AvgIpc) is 3.91. The standard InChI is InChI=1S/C52H30N4/c1-2-12-31(13-3-1)32-22-24-35(25-23-32)50-46-36-16-6-4-14-33(36)26-28-41(46)53-52(54-50)56-44-29-27-34-15-5-7-17-37(34)47(44)49-45(56)30-40-38-18-8-10-20-42(38)55-43-21-11-9-19-39(43)48(49)51(40)55/h1-30H. The summed E-state index contributed by atoms with van der Waals surface area (Å²) in [5.41, 5.74) is 11.2. The highest BCUT2D eigenvalue weighted by Gasteiger charge is 2.26. The van der Waals surface area contributed by atoms with Crippen molar-refractivity contribution in [2.24, 2.45) is 0 Å². The zero-order valence-electron chi connectivity index (χ0n) is 30.1. The number of hydrogen-bond acceptors (Lipinski definition) is 2. The van der Waals surface area contributed by atoms with Gasteiger partial charge in [0.25, 0.3) is 0 Å². The lowest BCUT2D eigenvalue weighted by Crippen LogP contribution is -2.04. The van der Waals surface area contributed by atoms with E-state index in [4.69, 9.17) is 9.97 Å². The molecule has 0 aliphatic heterocycles. The van der Waals surface area contributed by atoms with Gasteiger partial charge in [0.15, 0.2) is 0 Å². The van der Waals surface area contributed by atoms with E-state index in [0.717, 1.165) is 38.6 Å². The molecule has 4 aromatic heterocycles. The summed E-state index contributed by atoms with van der Waals surface area (Å²) in [5, 5.41) is 13.3. The Morgan fingerprint density at radius 1 is 0.339 bits per heavy atom. The Kier molecular flexibility index (Phi) is 5.86. The van der Waals surface area contributed by atoms with E-state index in [2.05, 4.69) is 191 Å². The fraction of sp³-hybridized carbons (Fsp3) is 0. The van der Waals surface area contributed by atoms with Crippen LogP contribution in [0.25, 0.3) is 121 Å². The van der Waals surface area contributed by atoms with Crippen molar-refractivity contribution < 1.29 is 0 Å². The molecule has 0 aliphatic rings. The smallest absolute Gasteiger partial charge is 0.235 e. The Morgan fingerprint density at radius 3 is 1.70 bits per heavy atom. The third-order valence-corrected chi connectivity index (χ3v) is 12.0. The molecule has 9 aromatic carbocycles. The molecule has 0 N–H and O–H groups in total. The van der Waals surface area contributed by atoms with Crippen LogP contribution < -0.4 is 0 Å². The molecule has 13 rings (SSSR count). The van der Waals surface area contributed by atoms with Crippen molar-refractivity contribution in [3.05, 3.63) is 182 Å². The van der Waals surface area contributed by atoms with Gasteiger partial charge in [-0.1, -0.05) is 152 Å². The molecule has 0 aliphatic carbocycles. The van der Waals surface area contributed by atoms with E-state index < -0.39 is 0 Å². The maximum atomic E-state index is 5.64. The summed E-state index contributed by atoms with van der Waals surface area (Å²) >= 11 is 0. The highest BCUT2D eigenvalue weighted by Crippen LogP contribution is 2.48. The molecular weight excluding hydrogens is 681 g/mol. The molecule has 4 heteroatoms. The molecule has 0 saturated heterocycles. The number of hydrogen-bond donors (Lipinski definition) is 0. The van der Waals surface area contributed by atoms with E-state index in [1.165, 1.54) is 76.2 Å². The van der Waals surface area contributed by atoms with Crippen LogP contribution in [0.2, 0.25) is 0 Å². The molecule has 0 fully saturated rings. The van der Waals surface area contributed by atoms with Gasteiger partial charge in [0.05, 0.1) is 38.8 Å². The zero-order valence-corrected chi connectivity index (χ0v) is 30.1. The number of benzene rings is 9. The Bertz CT molecular complexity index is 3740. The van der Waals surface area contributed by atoms with Crippen molar-refractivity contribution in [1.29, 1.82) is 0 Å². The zero-order chi connectivity index (χ0) is 36.5. The Labute approximate surface area is 320 Å². The SMILES string of the molecule is c1ccc(-c2ccc(-c3nc(-n4c5ccc6ccccc6c5c5c6c7ccccc7n7c8ccccc8c(cc54)c67)nc4ccc5ccccc5c34)cc2)cc1. The van der Waals surface area contributed by atoms with E-state index in [1.807, 2.05) is 0 Å². The van der Waals surface area contributed by atoms with Gasteiger partial charge in [0.2, 0.25) is 5.95 Å². The lowest BCUT2D eigenvalue weighted by molar-refractivity contribution is 1.02. The van der Waals surface area contributed by atoms with Crippen molar-refractivity contribution in [2.45, 2.75) is 0 Å². The summed E-state index contributed by atoms with van der Waals surface area (Å²) in [6.07, 6.45) is 0. The third kappa shape index (κ3) is 3.92. The van der Waals surface area contributed by atoms with Gasteiger partial charge in [-0.25, -0.2) is 9.97 Å². The van der Waals surface area contributed by atoms with Crippen molar-refractivity contribution in [2.75, 3.05) is 0 Å². The van der Waals surface area contributed by atoms with E-state index in [-0.39, 0.29) is 0 Å². The van der Waals surface area contributed by atoms with Gasteiger partial charge in [-0.15, -0.1) is 0 Å². The summed E-state index contributed by atoms with van der Waals surface area (Å²) in [6.45, 7) is 0. The minimum Gasteiger partial charge on any atom is -0.308 e. The van der Waals surface area contributed by atoms with Crippen LogP contribution in [0.5, 0.6) is 0 Å². The van der Waals surface area contributed by atoms with Crippen molar-refractivity contribution in [3.8, 4) is 28.3 Å². The van der Waals surface area contributed by atoms with Crippen molar-refractivity contribution in [3.63, 3.8) is 0 Å². The Balaban J connectivity index is 1.21. The first-order valence-electron chi connectivity index (χ1n) is 19.2. The number of rotatable bonds is 3. The molecule has 4 heterocycles. The first kappa shape index (κ1) is 29.8. The minimum atomic E-state index is 0.659.